The van der Waals surface area contributed by atoms with Crippen molar-refractivity contribution in [3.63, 3.8) is 0 Å². The Kier molecular flexibility index (Phi) is 4.78. The molecule has 5 rings (SSSR count). The van der Waals surface area contributed by atoms with Gasteiger partial charge in [-0.3, -0.25) is 9.59 Å². The molecule has 0 bridgehead atoms. The number of rotatable bonds is 3. The normalized spacial score (nSPS) is 19.9. The Hall–Kier alpha value is -3.19. The van der Waals surface area contributed by atoms with Crippen molar-refractivity contribution in [3.05, 3.63) is 101 Å². The van der Waals surface area contributed by atoms with Gasteiger partial charge in [-0.15, -0.1) is 11.8 Å². The first-order valence-corrected chi connectivity index (χ1v) is 10.9. The lowest BCUT2D eigenvalue weighted by Crippen LogP contribution is -2.50. The van der Waals surface area contributed by atoms with E-state index in [1.165, 1.54) is 17.8 Å². The smallest absolute Gasteiger partial charge is 0.268 e. The number of benzene rings is 3. The van der Waals surface area contributed by atoms with E-state index in [2.05, 4.69) is 0 Å². The average molecular weight is 436 g/mol. The number of halogens is 2. The zero-order valence-corrected chi connectivity index (χ0v) is 17.2. The molecule has 3 aromatic carbocycles. The van der Waals surface area contributed by atoms with Crippen LogP contribution in [0.3, 0.4) is 0 Å². The molecule has 0 saturated carbocycles. The topological polar surface area (TPSA) is 40.6 Å². The molecular weight excluding hydrogens is 418 g/mol. The van der Waals surface area contributed by atoms with E-state index in [1.807, 2.05) is 30.3 Å². The van der Waals surface area contributed by atoms with Crippen LogP contribution in [0.1, 0.15) is 21.5 Å². The second-order valence-corrected chi connectivity index (χ2v) is 8.76. The molecule has 0 aliphatic carbocycles. The highest BCUT2D eigenvalue weighted by atomic mass is 32.2. The van der Waals surface area contributed by atoms with Crippen LogP contribution in [-0.2, 0) is 16.2 Å². The summed E-state index contributed by atoms with van der Waals surface area (Å²) in [4.78, 5) is 29.2. The summed E-state index contributed by atoms with van der Waals surface area (Å²) in [6.07, 6.45) is 0. The molecule has 1 spiro atoms. The largest absolute Gasteiger partial charge is 0.311 e. The van der Waals surface area contributed by atoms with E-state index in [1.54, 1.807) is 34.1 Å². The maximum absolute atomic E-state index is 13.8. The standard InChI is InChI=1S/C24H18F2N2O2S/c25-19-11-10-16(14-20(19)26)15-27-21-9-5-4-8-18(21)24(23(27)30)28(12-13-31-24)22(29)17-6-2-1-3-7-17/h1-11,14H,12-13,15H2. The Morgan fingerprint density at radius 3 is 2.48 bits per heavy atom. The molecule has 1 saturated heterocycles. The van der Waals surface area contributed by atoms with E-state index in [4.69, 9.17) is 0 Å². The molecule has 2 aliphatic heterocycles. The fourth-order valence-corrected chi connectivity index (χ4v) is 5.74. The third kappa shape index (κ3) is 3.03. The van der Waals surface area contributed by atoms with Crippen LogP contribution < -0.4 is 4.90 Å². The van der Waals surface area contributed by atoms with Crippen LogP contribution in [-0.4, -0.2) is 29.0 Å². The number of carbonyl (C=O) groups is 2. The van der Waals surface area contributed by atoms with Crippen molar-refractivity contribution in [2.45, 2.75) is 11.4 Å². The van der Waals surface area contributed by atoms with Crippen LogP contribution in [0, 0.1) is 11.6 Å². The van der Waals surface area contributed by atoms with Gasteiger partial charge in [0, 0.05) is 23.4 Å². The van der Waals surface area contributed by atoms with E-state index in [0.29, 0.717) is 29.1 Å². The van der Waals surface area contributed by atoms with Crippen LogP contribution in [0.5, 0.6) is 0 Å². The Morgan fingerprint density at radius 1 is 0.968 bits per heavy atom. The van der Waals surface area contributed by atoms with Gasteiger partial charge in [0.25, 0.3) is 11.8 Å². The Bertz CT molecular complexity index is 1190. The fourth-order valence-electron chi connectivity index (χ4n) is 4.28. The minimum atomic E-state index is -1.16. The first kappa shape index (κ1) is 19.8. The lowest BCUT2D eigenvalue weighted by atomic mass is 10.0. The molecule has 7 heteroatoms. The molecule has 31 heavy (non-hydrogen) atoms. The van der Waals surface area contributed by atoms with Crippen LogP contribution in [0.25, 0.3) is 0 Å². The zero-order valence-electron chi connectivity index (χ0n) is 16.4. The van der Waals surface area contributed by atoms with Gasteiger partial charge < -0.3 is 9.80 Å². The van der Waals surface area contributed by atoms with Gasteiger partial charge in [0.15, 0.2) is 16.5 Å². The van der Waals surface area contributed by atoms with Crippen LogP contribution in [0.4, 0.5) is 14.5 Å². The van der Waals surface area contributed by atoms with Gasteiger partial charge >= 0.3 is 0 Å². The third-order valence-corrected chi connectivity index (χ3v) is 7.11. The van der Waals surface area contributed by atoms with Crippen LogP contribution >= 0.6 is 11.8 Å². The van der Waals surface area contributed by atoms with Crippen molar-refractivity contribution in [3.8, 4) is 0 Å². The van der Waals surface area contributed by atoms with Gasteiger partial charge in [-0.25, -0.2) is 8.78 Å². The molecule has 0 aromatic heterocycles. The van der Waals surface area contributed by atoms with Gasteiger partial charge in [-0.05, 0) is 35.9 Å². The minimum absolute atomic E-state index is 0.0860. The van der Waals surface area contributed by atoms with Gasteiger partial charge in [0.2, 0.25) is 0 Å². The van der Waals surface area contributed by atoms with Crippen molar-refractivity contribution in [1.29, 1.82) is 0 Å². The Morgan fingerprint density at radius 2 is 1.71 bits per heavy atom. The number of anilines is 1. The maximum Gasteiger partial charge on any atom is 0.268 e. The molecule has 1 atom stereocenters. The molecule has 1 fully saturated rings. The van der Waals surface area contributed by atoms with Gasteiger partial charge in [-0.2, -0.15) is 0 Å². The monoisotopic (exact) mass is 436 g/mol. The summed E-state index contributed by atoms with van der Waals surface area (Å²) in [6, 6.07) is 19.9. The first-order chi connectivity index (χ1) is 15.0. The Balaban J connectivity index is 1.57. The van der Waals surface area contributed by atoms with Crippen molar-refractivity contribution in [1.82, 2.24) is 4.90 Å². The average Bonchev–Trinajstić information content (AvgIpc) is 3.34. The highest BCUT2D eigenvalue weighted by molar-refractivity contribution is 8.01. The summed E-state index contributed by atoms with van der Waals surface area (Å²) in [5, 5.41) is 0. The molecule has 0 N–H and O–H groups in total. The van der Waals surface area contributed by atoms with E-state index >= 15 is 0 Å². The molecule has 1 unspecified atom stereocenters. The molecule has 156 valence electrons. The predicted molar refractivity (Wildman–Crippen MR) is 116 cm³/mol. The molecule has 4 nitrogen and oxygen atoms in total. The lowest BCUT2D eigenvalue weighted by Gasteiger charge is -2.33. The number of hydrogen-bond donors (Lipinski definition) is 0. The number of carbonyl (C=O) groups excluding carboxylic acids is 2. The number of para-hydroxylation sites is 1. The van der Waals surface area contributed by atoms with E-state index in [9.17, 15) is 18.4 Å². The lowest BCUT2D eigenvalue weighted by molar-refractivity contribution is -0.123. The molecule has 2 heterocycles. The van der Waals surface area contributed by atoms with Crippen molar-refractivity contribution in [2.75, 3.05) is 17.2 Å². The predicted octanol–water partition coefficient (Wildman–Crippen LogP) is 4.55. The SMILES string of the molecule is O=C(c1ccccc1)N1CCSC12C(=O)N(Cc1ccc(F)c(F)c1)c1ccccc12. The number of fused-ring (bicyclic) bond motifs is 2. The number of thioether (sulfide) groups is 1. The van der Waals surface area contributed by atoms with E-state index in [0.717, 1.165) is 17.7 Å². The van der Waals surface area contributed by atoms with Crippen LogP contribution in [0.2, 0.25) is 0 Å². The summed E-state index contributed by atoms with van der Waals surface area (Å²) < 4.78 is 27.1. The van der Waals surface area contributed by atoms with Gasteiger partial charge in [0.1, 0.15) is 0 Å². The summed E-state index contributed by atoms with van der Waals surface area (Å²) in [7, 11) is 0. The van der Waals surface area contributed by atoms with E-state index in [-0.39, 0.29) is 18.4 Å². The van der Waals surface area contributed by atoms with Crippen LogP contribution in [0.15, 0.2) is 72.8 Å². The van der Waals surface area contributed by atoms with Crippen molar-refractivity contribution < 1.29 is 18.4 Å². The minimum Gasteiger partial charge on any atom is -0.311 e. The number of hydrogen-bond acceptors (Lipinski definition) is 3. The molecule has 3 aromatic rings. The molecule has 2 amide bonds. The zero-order chi connectivity index (χ0) is 21.6. The molecule has 0 radical (unpaired) electrons. The first-order valence-electron chi connectivity index (χ1n) is 9.89. The third-order valence-electron chi connectivity index (χ3n) is 5.69. The highest BCUT2D eigenvalue weighted by Gasteiger charge is 2.59. The second-order valence-electron chi connectivity index (χ2n) is 7.47. The number of amides is 2. The fraction of sp³-hybridized carbons (Fsp3) is 0.167. The summed E-state index contributed by atoms with van der Waals surface area (Å²) in [5.41, 5.74) is 2.42. The van der Waals surface area contributed by atoms with Gasteiger partial charge in [0.05, 0.1) is 12.2 Å². The summed E-state index contributed by atoms with van der Waals surface area (Å²) >= 11 is 1.43. The highest BCUT2D eigenvalue weighted by Crippen LogP contribution is 2.54. The van der Waals surface area contributed by atoms with Crippen molar-refractivity contribution in [2.24, 2.45) is 0 Å². The van der Waals surface area contributed by atoms with E-state index < -0.39 is 16.5 Å². The summed E-state index contributed by atoms with van der Waals surface area (Å²) in [5.74, 6) is -1.71. The number of nitrogens with zero attached hydrogens (tertiary/aromatic N) is 2. The molecule has 2 aliphatic rings. The second kappa shape index (κ2) is 7.50. The quantitative estimate of drug-likeness (QED) is 0.605. The molecular formula is C24H18F2N2O2S. The maximum atomic E-state index is 13.8. The van der Waals surface area contributed by atoms with Gasteiger partial charge in [-0.1, -0.05) is 42.5 Å². The summed E-state index contributed by atoms with van der Waals surface area (Å²) in [6.45, 7) is 0.528. The Labute approximate surface area is 182 Å². The van der Waals surface area contributed by atoms with Crippen molar-refractivity contribution >= 4 is 29.3 Å².